The molecule has 0 aromatic rings. The molecule has 2 aliphatic rings. The van der Waals surface area contributed by atoms with Gasteiger partial charge in [0.1, 0.15) is 17.8 Å². The molecule has 0 radical (unpaired) electrons. The Morgan fingerprint density at radius 1 is 1.60 bits per heavy atom. The molecule has 88 valence electrons. The number of hydrogen-bond donors (Lipinski definition) is 3. The molecule has 0 saturated carbocycles. The van der Waals surface area contributed by atoms with Crippen molar-refractivity contribution >= 4 is 7.82 Å². The van der Waals surface area contributed by atoms with Crippen LogP contribution >= 0.6 is 7.82 Å². The van der Waals surface area contributed by atoms with Crippen molar-refractivity contribution in [3.63, 3.8) is 0 Å². The maximum absolute atomic E-state index is 10.8. The summed E-state index contributed by atoms with van der Waals surface area (Å²) in [5.74, 6) is 0. The Morgan fingerprint density at radius 3 is 2.73 bits per heavy atom. The number of phosphoric ester groups is 1. The van der Waals surface area contributed by atoms with Crippen molar-refractivity contribution in [2.45, 2.75) is 30.8 Å². The van der Waals surface area contributed by atoms with E-state index in [0.29, 0.717) is 0 Å². The highest BCUT2D eigenvalue weighted by Crippen LogP contribution is 2.49. The second-order valence-corrected chi connectivity index (χ2v) is 5.03. The Balaban J connectivity index is 2.21. The van der Waals surface area contributed by atoms with Crippen LogP contribution in [0.2, 0.25) is 0 Å². The maximum Gasteiger partial charge on any atom is 0.470 e. The van der Waals surface area contributed by atoms with Crippen LogP contribution < -0.4 is 0 Å². The quantitative estimate of drug-likeness (QED) is 0.544. The summed E-state index contributed by atoms with van der Waals surface area (Å²) in [6, 6.07) is 0. The molecule has 2 fully saturated rings. The molecule has 7 nitrogen and oxygen atoms in total. The number of hydrogen-bond acceptors (Lipinski definition) is 5. The number of aliphatic hydroxyl groups excluding tert-OH is 1. The second-order valence-electron chi connectivity index (χ2n) is 3.84. The van der Waals surface area contributed by atoms with Gasteiger partial charge in [-0.15, -0.1) is 0 Å². The number of fused-ring (bicyclic) bond motifs is 2. The van der Waals surface area contributed by atoms with Gasteiger partial charge in [0.25, 0.3) is 0 Å². The fraction of sp³-hybridized carbons (Fsp3) is 1.00. The standard InChI is InChI=1S/C7H13O7P/c1-4-5-6(14-15(9,10)11)7(2-8,13-4)3-12-5/h4-6,8H,2-3H2,1H3,(H2,9,10,11)/t4-,5+,6?,7-/m0/s1. The number of phosphoric acid groups is 1. The first-order valence-electron chi connectivity index (χ1n) is 4.52. The molecule has 1 unspecified atom stereocenters. The molecule has 0 aromatic heterocycles. The fourth-order valence-electron chi connectivity index (χ4n) is 2.10. The van der Waals surface area contributed by atoms with Gasteiger partial charge in [-0.1, -0.05) is 0 Å². The zero-order chi connectivity index (χ0) is 11.3. The first-order chi connectivity index (χ1) is 6.88. The van der Waals surface area contributed by atoms with Crippen LogP contribution in [0.3, 0.4) is 0 Å². The number of ether oxygens (including phenoxy) is 2. The summed E-state index contributed by atoms with van der Waals surface area (Å²) in [4.78, 5) is 17.5. The van der Waals surface area contributed by atoms with Gasteiger partial charge in [-0.05, 0) is 6.92 Å². The Morgan fingerprint density at radius 2 is 2.27 bits per heavy atom. The van der Waals surface area contributed by atoms with E-state index in [2.05, 4.69) is 4.52 Å². The van der Waals surface area contributed by atoms with E-state index in [1.807, 2.05) is 0 Å². The van der Waals surface area contributed by atoms with Crippen LogP contribution in [-0.4, -0.2) is 52.0 Å². The van der Waals surface area contributed by atoms with E-state index in [1.54, 1.807) is 6.92 Å². The average molecular weight is 240 g/mol. The lowest BCUT2D eigenvalue weighted by Crippen LogP contribution is -2.45. The molecule has 0 aliphatic carbocycles. The van der Waals surface area contributed by atoms with E-state index in [0.717, 1.165) is 0 Å². The molecule has 2 rings (SSSR count). The van der Waals surface area contributed by atoms with Gasteiger partial charge in [0.05, 0.1) is 19.3 Å². The van der Waals surface area contributed by atoms with Crippen molar-refractivity contribution < 1.29 is 33.5 Å². The highest BCUT2D eigenvalue weighted by molar-refractivity contribution is 7.46. The third-order valence-electron chi connectivity index (χ3n) is 2.74. The third-order valence-corrected chi connectivity index (χ3v) is 3.24. The lowest BCUT2D eigenvalue weighted by atomic mass is 10.0. The average Bonchev–Trinajstić information content (AvgIpc) is 2.55. The summed E-state index contributed by atoms with van der Waals surface area (Å²) in [6.07, 6.45) is -1.80. The van der Waals surface area contributed by atoms with E-state index >= 15 is 0 Å². The minimum atomic E-state index is -4.60. The van der Waals surface area contributed by atoms with Crippen LogP contribution in [-0.2, 0) is 18.6 Å². The van der Waals surface area contributed by atoms with Gasteiger partial charge >= 0.3 is 7.82 Å². The van der Waals surface area contributed by atoms with Crippen molar-refractivity contribution in [2.24, 2.45) is 0 Å². The molecule has 2 aliphatic heterocycles. The smallest absolute Gasteiger partial charge is 0.393 e. The molecule has 0 amide bonds. The normalized spacial score (nSPS) is 44.9. The van der Waals surface area contributed by atoms with E-state index in [1.165, 1.54) is 0 Å². The molecular weight excluding hydrogens is 227 g/mol. The van der Waals surface area contributed by atoms with Crippen LogP contribution in [0.25, 0.3) is 0 Å². The predicted octanol–water partition coefficient (Wildman–Crippen LogP) is -0.987. The molecule has 4 atom stereocenters. The summed E-state index contributed by atoms with van der Waals surface area (Å²) >= 11 is 0. The van der Waals surface area contributed by atoms with E-state index < -0.39 is 32.2 Å². The predicted molar refractivity (Wildman–Crippen MR) is 47.0 cm³/mol. The van der Waals surface area contributed by atoms with E-state index in [-0.39, 0.29) is 12.7 Å². The molecule has 2 bridgehead atoms. The SMILES string of the molecule is C[C@@H]1O[C@@]2(CO)CO[C@H]1C2OP(=O)(O)O. The second kappa shape index (κ2) is 3.49. The minimum absolute atomic E-state index is 0.0865. The van der Waals surface area contributed by atoms with Gasteiger partial charge in [-0.2, -0.15) is 0 Å². The first-order valence-corrected chi connectivity index (χ1v) is 6.05. The zero-order valence-electron chi connectivity index (χ0n) is 8.07. The minimum Gasteiger partial charge on any atom is -0.393 e. The van der Waals surface area contributed by atoms with Gasteiger partial charge < -0.3 is 24.4 Å². The Bertz CT molecular complexity index is 302. The van der Waals surface area contributed by atoms with Gasteiger partial charge in [0, 0.05) is 0 Å². The van der Waals surface area contributed by atoms with Crippen LogP contribution in [0.4, 0.5) is 0 Å². The lowest BCUT2D eigenvalue weighted by Gasteiger charge is -2.28. The monoisotopic (exact) mass is 240 g/mol. The van der Waals surface area contributed by atoms with E-state index in [9.17, 15) is 9.67 Å². The van der Waals surface area contributed by atoms with Crippen molar-refractivity contribution in [1.82, 2.24) is 0 Å². The van der Waals surface area contributed by atoms with Gasteiger partial charge in [-0.25, -0.2) is 4.57 Å². The maximum atomic E-state index is 10.8. The molecule has 0 spiro atoms. The molecule has 8 heteroatoms. The molecule has 3 N–H and O–H groups in total. The van der Waals surface area contributed by atoms with Crippen molar-refractivity contribution in [2.75, 3.05) is 13.2 Å². The topological polar surface area (TPSA) is 105 Å². The largest absolute Gasteiger partial charge is 0.470 e. The van der Waals surface area contributed by atoms with Crippen molar-refractivity contribution in [3.8, 4) is 0 Å². The van der Waals surface area contributed by atoms with Crippen LogP contribution in [0.5, 0.6) is 0 Å². The summed E-state index contributed by atoms with van der Waals surface area (Å²) in [6.45, 7) is 1.40. The van der Waals surface area contributed by atoms with Crippen LogP contribution in [0.1, 0.15) is 6.92 Å². The number of rotatable bonds is 3. The van der Waals surface area contributed by atoms with Gasteiger partial charge in [0.15, 0.2) is 0 Å². The first kappa shape index (κ1) is 11.5. The lowest BCUT2D eigenvalue weighted by molar-refractivity contribution is -0.154. The van der Waals surface area contributed by atoms with Gasteiger partial charge in [0.2, 0.25) is 0 Å². The van der Waals surface area contributed by atoms with Crippen LogP contribution in [0.15, 0.2) is 0 Å². The van der Waals surface area contributed by atoms with Crippen molar-refractivity contribution in [1.29, 1.82) is 0 Å². The third kappa shape index (κ3) is 1.85. The Labute approximate surface area is 86.2 Å². The summed E-state index contributed by atoms with van der Waals surface area (Å²) < 4.78 is 26.0. The van der Waals surface area contributed by atoms with E-state index in [4.69, 9.17) is 19.3 Å². The van der Waals surface area contributed by atoms with Crippen LogP contribution in [0, 0.1) is 0 Å². The highest BCUT2D eigenvalue weighted by Gasteiger charge is 2.62. The highest BCUT2D eigenvalue weighted by atomic mass is 31.2. The Kier molecular flexibility index (Phi) is 2.67. The molecule has 2 saturated heterocycles. The Hall–Kier alpha value is -0.0100. The summed E-state index contributed by atoms with van der Waals surface area (Å²) in [5.41, 5.74) is -1.13. The fourth-order valence-corrected chi connectivity index (χ4v) is 2.71. The zero-order valence-corrected chi connectivity index (χ0v) is 8.96. The van der Waals surface area contributed by atoms with Crippen molar-refractivity contribution in [3.05, 3.63) is 0 Å². The number of aliphatic hydroxyl groups is 1. The molecule has 15 heavy (non-hydrogen) atoms. The summed E-state index contributed by atoms with van der Waals surface area (Å²) in [5, 5.41) is 9.19. The summed E-state index contributed by atoms with van der Waals surface area (Å²) in [7, 11) is -4.60. The van der Waals surface area contributed by atoms with Gasteiger partial charge in [-0.3, -0.25) is 4.52 Å². The molecule has 2 heterocycles. The molecular formula is C7H13O7P. The molecule has 0 aromatic carbocycles.